The van der Waals surface area contributed by atoms with Crippen LogP contribution in [0.25, 0.3) is 0 Å². The van der Waals surface area contributed by atoms with Crippen molar-refractivity contribution in [3.05, 3.63) is 29.3 Å². The van der Waals surface area contributed by atoms with Crippen molar-refractivity contribution in [2.75, 3.05) is 0 Å². The highest BCUT2D eigenvalue weighted by molar-refractivity contribution is 5.98. The number of fused-ring (bicyclic) bond motifs is 1. The van der Waals surface area contributed by atoms with Crippen LogP contribution in [0.1, 0.15) is 29.8 Å². The third-order valence-electron chi connectivity index (χ3n) is 2.33. The lowest BCUT2D eigenvalue weighted by Crippen LogP contribution is -2.51. The van der Waals surface area contributed by atoms with Crippen LogP contribution in [0.5, 0.6) is 5.75 Å². The van der Waals surface area contributed by atoms with Gasteiger partial charge in [-0.1, -0.05) is 0 Å². The van der Waals surface area contributed by atoms with Crippen molar-refractivity contribution in [1.29, 1.82) is 0 Å². The Morgan fingerprint density at radius 1 is 1.29 bits per heavy atom. The molecule has 0 radical (unpaired) electrons. The third-order valence-corrected chi connectivity index (χ3v) is 2.33. The summed E-state index contributed by atoms with van der Waals surface area (Å²) in [5, 5.41) is 2.53. The fourth-order valence-electron chi connectivity index (χ4n) is 1.61. The number of nitrogens with one attached hydrogen (secondary N) is 1. The first-order valence-electron chi connectivity index (χ1n) is 4.92. The van der Waals surface area contributed by atoms with Crippen LogP contribution in [-0.2, 0) is 6.18 Å². The van der Waals surface area contributed by atoms with Gasteiger partial charge < -0.3 is 10.1 Å². The molecule has 1 aliphatic heterocycles. The van der Waals surface area contributed by atoms with Gasteiger partial charge in [0.1, 0.15) is 5.75 Å². The lowest BCUT2D eigenvalue weighted by atomic mass is 10.1. The molecule has 0 saturated heterocycles. The van der Waals surface area contributed by atoms with Gasteiger partial charge >= 0.3 is 6.18 Å². The number of carbonyl (C=O) groups excluding carboxylic acids is 1. The second-order valence-electron chi connectivity index (χ2n) is 4.28. The summed E-state index contributed by atoms with van der Waals surface area (Å²) >= 11 is 0. The van der Waals surface area contributed by atoms with Crippen LogP contribution in [0.15, 0.2) is 18.2 Å². The van der Waals surface area contributed by atoms with E-state index in [0.29, 0.717) is 0 Å². The van der Waals surface area contributed by atoms with E-state index >= 15 is 0 Å². The van der Waals surface area contributed by atoms with E-state index in [1.807, 2.05) is 0 Å². The summed E-state index contributed by atoms with van der Waals surface area (Å²) in [7, 11) is 0. The van der Waals surface area contributed by atoms with Crippen LogP contribution in [0.4, 0.5) is 13.2 Å². The van der Waals surface area contributed by atoms with Crippen LogP contribution in [-0.4, -0.2) is 11.6 Å². The van der Waals surface area contributed by atoms with Gasteiger partial charge in [0.25, 0.3) is 5.91 Å². The predicted octanol–water partition coefficient (Wildman–Crippen LogP) is 2.56. The van der Waals surface area contributed by atoms with Gasteiger partial charge in [0, 0.05) is 0 Å². The van der Waals surface area contributed by atoms with E-state index in [1.54, 1.807) is 13.8 Å². The van der Waals surface area contributed by atoms with Gasteiger partial charge in [0.15, 0.2) is 5.72 Å². The van der Waals surface area contributed by atoms with E-state index in [9.17, 15) is 18.0 Å². The van der Waals surface area contributed by atoms with Crippen molar-refractivity contribution < 1.29 is 22.7 Å². The Morgan fingerprint density at radius 2 is 1.94 bits per heavy atom. The van der Waals surface area contributed by atoms with Gasteiger partial charge in [0.05, 0.1) is 11.1 Å². The Kier molecular flexibility index (Phi) is 2.34. The number of hydrogen-bond acceptors (Lipinski definition) is 2. The van der Waals surface area contributed by atoms with E-state index < -0.39 is 23.4 Å². The van der Waals surface area contributed by atoms with Crippen molar-refractivity contribution in [2.24, 2.45) is 0 Å². The molecular formula is C11H10F3NO2. The number of rotatable bonds is 0. The summed E-state index contributed by atoms with van der Waals surface area (Å²) in [5.74, 6) is -0.487. The number of alkyl halides is 3. The lowest BCUT2D eigenvalue weighted by molar-refractivity contribution is -0.137. The van der Waals surface area contributed by atoms with Gasteiger partial charge in [0.2, 0.25) is 0 Å². The topological polar surface area (TPSA) is 38.3 Å². The summed E-state index contributed by atoms with van der Waals surface area (Å²) in [4.78, 5) is 11.6. The number of benzene rings is 1. The minimum absolute atomic E-state index is 0.0476. The molecule has 0 saturated carbocycles. The maximum Gasteiger partial charge on any atom is 0.416 e. The molecule has 1 heterocycles. The Bertz CT molecular complexity index is 480. The van der Waals surface area contributed by atoms with E-state index in [-0.39, 0.29) is 11.3 Å². The second-order valence-corrected chi connectivity index (χ2v) is 4.28. The lowest BCUT2D eigenvalue weighted by Gasteiger charge is -2.33. The molecular weight excluding hydrogens is 235 g/mol. The standard InChI is InChI=1S/C11H10F3NO2/c1-10(2)15-9(16)7-4-3-6(11(12,13)14)5-8(7)17-10/h3-5H,1-2H3,(H,15,16). The maximum absolute atomic E-state index is 12.5. The molecule has 1 amide bonds. The Balaban J connectivity index is 2.49. The van der Waals surface area contributed by atoms with E-state index in [2.05, 4.69) is 5.32 Å². The molecule has 0 bridgehead atoms. The number of halogens is 3. The Hall–Kier alpha value is -1.72. The molecule has 92 valence electrons. The summed E-state index contributed by atoms with van der Waals surface area (Å²) in [6, 6.07) is 2.82. The molecule has 2 rings (SSSR count). The Labute approximate surface area is 95.6 Å². The minimum Gasteiger partial charge on any atom is -0.468 e. The van der Waals surface area contributed by atoms with Crippen LogP contribution in [0.3, 0.4) is 0 Å². The van der Waals surface area contributed by atoms with Gasteiger partial charge in [-0.3, -0.25) is 4.79 Å². The van der Waals surface area contributed by atoms with E-state index in [1.165, 1.54) is 0 Å². The molecule has 6 heteroatoms. The number of ether oxygens (including phenoxy) is 1. The van der Waals surface area contributed by atoms with Crippen LogP contribution in [0, 0.1) is 0 Å². The average Bonchev–Trinajstić information content (AvgIpc) is 2.13. The SMILES string of the molecule is CC1(C)NC(=O)c2ccc(C(F)(F)F)cc2O1. The third kappa shape index (κ3) is 2.20. The number of hydrogen-bond donors (Lipinski definition) is 1. The zero-order valence-corrected chi connectivity index (χ0v) is 9.18. The molecule has 1 aliphatic rings. The Morgan fingerprint density at radius 3 is 2.53 bits per heavy atom. The molecule has 1 N–H and O–H groups in total. The molecule has 1 aromatic rings. The molecule has 0 fully saturated rings. The first-order chi connectivity index (χ1) is 7.69. The minimum atomic E-state index is -4.45. The summed E-state index contributed by atoms with van der Waals surface area (Å²) in [6.45, 7) is 3.13. The van der Waals surface area contributed by atoms with Crippen LogP contribution in [0.2, 0.25) is 0 Å². The normalized spacial score (nSPS) is 18.1. The van der Waals surface area contributed by atoms with Gasteiger partial charge in [-0.15, -0.1) is 0 Å². The first-order valence-corrected chi connectivity index (χ1v) is 4.92. The maximum atomic E-state index is 12.5. The van der Waals surface area contributed by atoms with Crippen molar-refractivity contribution in [1.82, 2.24) is 5.32 Å². The molecule has 3 nitrogen and oxygen atoms in total. The second kappa shape index (κ2) is 3.38. The number of carbonyl (C=O) groups is 1. The molecule has 1 aromatic carbocycles. The quantitative estimate of drug-likeness (QED) is 0.762. The fraction of sp³-hybridized carbons (Fsp3) is 0.364. The highest BCUT2D eigenvalue weighted by Gasteiger charge is 2.35. The molecule has 0 aliphatic carbocycles. The molecule has 17 heavy (non-hydrogen) atoms. The van der Waals surface area contributed by atoms with Gasteiger partial charge in [-0.25, -0.2) is 0 Å². The predicted molar refractivity (Wildman–Crippen MR) is 53.6 cm³/mol. The highest BCUT2D eigenvalue weighted by Crippen LogP contribution is 2.35. The summed E-state index contributed by atoms with van der Waals surface area (Å²) in [5.41, 5.74) is -1.73. The van der Waals surface area contributed by atoms with Crippen LogP contribution < -0.4 is 10.1 Å². The average molecular weight is 245 g/mol. The number of amides is 1. The zero-order valence-electron chi connectivity index (χ0n) is 9.18. The van der Waals surface area contributed by atoms with E-state index in [0.717, 1.165) is 18.2 Å². The van der Waals surface area contributed by atoms with Crippen molar-refractivity contribution in [2.45, 2.75) is 25.7 Å². The molecule has 0 aromatic heterocycles. The zero-order chi connectivity index (χ0) is 12.8. The molecule has 0 atom stereocenters. The highest BCUT2D eigenvalue weighted by atomic mass is 19.4. The summed E-state index contributed by atoms with van der Waals surface area (Å²) < 4.78 is 42.8. The van der Waals surface area contributed by atoms with E-state index in [4.69, 9.17) is 4.74 Å². The first kappa shape index (κ1) is 11.8. The molecule has 0 spiro atoms. The van der Waals surface area contributed by atoms with Gasteiger partial charge in [-0.05, 0) is 32.0 Å². The van der Waals surface area contributed by atoms with Crippen molar-refractivity contribution in [3.63, 3.8) is 0 Å². The summed E-state index contributed by atoms with van der Waals surface area (Å²) in [6.07, 6.45) is -4.45. The van der Waals surface area contributed by atoms with Gasteiger partial charge in [-0.2, -0.15) is 13.2 Å². The largest absolute Gasteiger partial charge is 0.468 e. The van der Waals surface area contributed by atoms with Crippen molar-refractivity contribution >= 4 is 5.91 Å². The smallest absolute Gasteiger partial charge is 0.416 e. The monoisotopic (exact) mass is 245 g/mol. The fourth-order valence-corrected chi connectivity index (χ4v) is 1.61. The molecule has 0 unspecified atom stereocenters. The van der Waals surface area contributed by atoms with Crippen LogP contribution >= 0.6 is 0 Å². The van der Waals surface area contributed by atoms with Crippen molar-refractivity contribution in [3.8, 4) is 5.75 Å².